The van der Waals surface area contributed by atoms with E-state index in [-0.39, 0.29) is 0 Å². The second-order valence-electron chi connectivity index (χ2n) is 3.55. The van der Waals surface area contributed by atoms with Crippen molar-refractivity contribution in [2.75, 3.05) is 18.0 Å². The molecular weight excluding hydrogens is 169 g/mol. The Morgan fingerprint density at radius 3 is 2.85 bits per heavy atom. The molecular formula is C9H12FN3. The Hall–Kier alpha value is -1.19. The lowest BCUT2D eigenvalue weighted by Crippen LogP contribution is -2.20. The molecule has 0 spiro atoms. The summed E-state index contributed by atoms with van der Waals surface area (Å²) in [5.41, 5.74) is 0. The van der Waals surface area contributed by atoms with Crippen molar-refractivity contribution in [2.45, 2.75) is 13.3 Å². The van der Waals surface area contributed by atoms with E-state index in [0.29, 0.717) is 5.92 Å². The van der Waals surface area contributed by atoms with Gasteiger partial charge >= 0.3 is 0 Å². The molecule has 13 heavy (non-hydrogen) atoms. The van der Waals surface area contributed by atoms with Gasteiger partial charge < -0.3 is 4.90 Å². The molecule has 1 aliphatic rings. The van der Waals surface area contributed by atoms with Crippen molar-refractivity contribution in [1.29, 1.82) is 0 Å². The Labute approximate surface area is 76.6 Å². The predicted octanol–water partition coefficient (Wildman–Crippen LogP) is 1.46. The molecule has 1 unspecified atom stereocenters. The first-order valence-electron chi connectivity index (χ1n) is 4.50. The van der Waals surface area contributed by atoms with Crippen molar-refractivity contribution in [3.63, 3.8) is 0 Å². The van der Waals surface area contributed by atoms with Crippen LogP contribution in [0.5, 0.6) is 0 Å². The van der Waals surface area contributed by atoms with Crippen LogP contribution in [0.25, 0.3) is 0 Å². The summed E-state index contributed by atoms with van der Waals surface area (Å²) in [4.78, 5) is 2.14. The molecule has 1 atom stereocenters. The van der Waals surface area contributed by atoms with Gasteiger partial charge in [0.05, 0.1) is 0 Å². The zero-order valence-corrected chi connectivity index (χ0v) is 7.57. The lowest BCUT2D eigenvalue weighted by Gasteiger charge is -2.15. The molecule has 0 amide bonds. The van der Waals surface area contributed by atoms with Crippen molar-refractivity contribution in [2.24, 2.45) is 5.92 Å². The Bertz CT molecular complexity index is 285. The van der Waals surface area contributed by atoms with Gasteiger partial charge in [-0.25, -0.2) is 0 Å². The second kappa shape index (κ2) is 3.28. The van der Waals surface area contributed by atoms with Crippen molar-refractivity contribution >= 4 is 5.82 Å². The molecule has 1 aromatic heterocycles. The maximum absolute atomic E-state index is 12.5. The summed E-state index contributed by atoms with van der Waals surface area (Å²) in [6.07, 6.45) is 1.18. The molecule has 1 aliphatic heterocycles. The molecule has 2 rings (SSSR count). The van der Waals surface area contributed by atoms with Crippen LogP contribution in [0.3, 0.4) is 0 Å². The molecule has 70 valence electrons. The molecule has 1 aromatic rings. The standard InChI is InChI=1S/C9H12FN3/c1-7-4-5-13(6-7)9-3-2-8(10)11-12-9/h2-3,7H,4-6H2,1H3. The number of nitrogens with zero attached hydrogens (tertiary/aromatic N) is 3. The first kappa shape index (κ1) is 8.41. The summed E-state index contributed by atoms with van der Waals surface area (Å²) in [5.74, 6) is 0.966. The van der Waals surface area contributed by atoms with Gasteiger partial charge in [-0.15, -0.1) is 10.2 Å². The summed E-state index contributed by atoms with van der Waals surface area (Å²) in [7, 11) is 0. The zero-order chi connectivity index (χ0) is 9.26. The minimum absolute atomic E-state index is 0.518. The van der Waals surface area contributed by atoms with Gasteiger partial charge in [-0.3, -0.25) is 0 Å². The Morgan fingerprint density at radius 2 is 2.31 bits per heavy atom. The van der Waals surface area contributed by atoms with Gasteiger partial charge in [0.25, 0.3) is 0 Å². The van der Waals surface area contributed by atoms with Crippen molar-refractivity contribution in [1.82, 2.24) is 10.2 Å². The first-order chi connectivity index (χ1) is 6.25. The molecule has 2 heterocycles. The molecule has 0 aliphatic carbocycles. The van der Waals surface area contributed by atoms with Gasteiger partial charge in [0.2, 0.25) is 5.95 Å². The van der Waals surface area contributed by atoms with Gasteiger partial charge in [-0.05, 0) is 24.5 Å². The number of anilines is 1. The predicted molar refractivity (Wildman–Crippen MR) is 48.0 cm³/mol. The van der Waals surface area contributed by atoms with E-state index in [1.807, 2.05) is 0 Å². The third-order valence-corrected chi connectivity index (χ3v) is 2.37. The third-order valence-electron chi connectivity index (χ3n) is 2.37. The largest absolute Gasteiger partial charge is 0.355 e. The maximum Gasteiger partial charge on any atom is 0.233 e. The van der Waals surface area contributed by atoms with Crippen LogP contribution >= 0.6 is 0 Å². The SMILES string of the molecule is CC1CCN(c2ccc(F)nn2)C1. The molecule has 0 saturated carbocycles. The fraction of sp³-hybridized carbons (Fsp3) is 0.556. The van der Waals surface area contributed by atoms with Crippen LogP contribution in [0, 0.1) is 11.9 Å². The Balaban J connectivity index is 2.13. The van der Waals surface area contributed by atoms with E-state index in [0.717, 1.165) is 18.9 Å². The van der Waals surface area contributed by atoms with Gasteiger partial charge in [-0.1, -0.05) is 6.92 Å². The highest BCUT2D eigenvalue weighted by atomic mass is 19.1. The fourth-order valence-corrected chi connectivity index (χ4v) is 1.62. The molecule has 0 radical (unpaired) electrons. The fourth-order valence-electron chi connectivity index (χ4n) is 1.62. The lowest BCUT2D eigenvalue weighted by atomic mass is 10.2. The number of hydrogen-bond acceptors (Lipinski definition) is 3. The van der Waals surface area contributed by atoms with E-state index >= 15 is 0 Å². The van der Waals surface area contributed by atoms with Crippen LogP contribution in [0.15, 0.2) is 12.1 Å². The van der Waals surface area contributed by atoms with Crippen molar-refractivity contribution in [3.05, 3.63) is 18.1 Å². The summed E-state index contributed by atoms with van der Waals surface area (Å²) < 4.78 is 12.5. The van der Waals surface area contributed by atoms with Crippen molar-refractivity contribution < 1.29 is 4.39 Å². The van der Waals surface area contributed by atoms with Crippen LogP contribution in [0.4, 0.5) is 10.2 Å². The summed E-state index contributed by atoms with van der Waals surface area (Å²) >= 11 is 0. The van der Waals surface area contributed by atoms with Crippen LogP contribution in [-0.4, -0.2) is 23.3 Å². The molecule has 1 saturated heterocycles. The van der Waals surface area contributed by atoms with Crippen LogP contribution in [-0.2, 0) is 0 Å². The van der Waals surface area contributed by atoms with Gasteiger partial charge in [0, 0.05) is 13.1 Å². The highest BCUT2D eigenvalue weighted by Gasteiger charge is 2.19. The highest BCUT2D eigenvalue weighted by molar-refractivity contribution is 5.37. The second-order valence-corrected chi connectivity index (χ2v) is 3.55. The van der Waals surface area contributed by atoms with Gasteiger partial charge in [0.1, 0.15) is 0 Å². The van der Waals surface area contributed by atoms with E-state index in [4.69, 9.17) is 0 Å². The third kappa shape index (κ3) is 1.76. The summed E-state index contributed by atoms with van der Waals surface area (Å²) in [5, 5.41) is 7.19. The highest BCUT2D eigenvalue weighted by Crippen LogP contribution is 2.20. The van der Waals surface area contributed by atoms with E-state index in [1.165, 1.54) is 12.5 Å². The molecule has 0 aromatic carbocycles. The Morgan fingerprint density at radius 1 is 1.46 bits per heavy atom. The maximum atomic E-state index is 12.5. The quantitative estimate of drug-likeness (QED) is 0.656. The summed E-state index contributed by atoms with van der Waals surface area (Å²) in [6.45, 7) is 4.21. The molecule has 1 fully saturated rings. The normalized spacial score (nSPS) is 22.3. The van der Waals surface area contributed by atoms with Gasteiger partial charge in [-0.2, -0.15) is 4.39 Å². The van der Waals surface area contributed by atoms with E-state index < -0.39 is 5.95 Å². The first-order valence-corrected chi connectivity index (χ1v) is 4.50. The molecule has 0 N–H and O–H groups in total. The molecule has 4 heteroatoms. The summed E-state index contributed by atoms with van der Waals surface area (Å²) in [6, 6.07) is 3.03. The smallest absolute Gasteiger partial charge is 0.233 e. The van der Waals surface area contributed by atoms with Crippen LogP contribution in [0.2, 0.25) is 0 Å². The molecule has 3 nitrogen and oxygen atoms in total. The van der Waals surface area contributed by atoms with Crippen molar-refractivity contribution in [3.8, 4) is 0 Å². The monoisotopic (exact) mass is 181 g/mol. The van der Waals surface area contributed by atoms with Crippen LogP contribution < -0.4 is 4.90 Å². The number of rotatable bonds is 1. The lowest BCUT2D eigenvalue weighted by molar-refractivity contribution is 0.562. The Kier molecular flexibility index (Phi) is 2.12. The average molecular weight is 181 g/mol. The van der Waals surface area contributed by atoms with E-state index in [1.54, 1.807) is 6.07 Å². The minimum Gasteiger partial charge on any atom is -0.355 e. The average Bonchev–Trinajstić information content (AvgIpc) is 2.53. The van der Waals surface area contributed by atoms with Gasteiger partial charge in [0.15, 0.2) is 5.82 Å². The number of aromatic nitrogens is 2. The number of halogens is 1. The minimum atomic E-state index is -0.518. The zero-order valence-electron chi connectivity index (χ0n) is 7.57. The van der Waals surface area contributed by atoms with E-state index in [2.05, 4.69) is 22.0 Å². The van der Waals surface area contributed by atoms with E-state index in [9.17, 15) is 4.39 Å². The topological polar surface area (TPSA) is 29.0 Å². The molecule has 0 bridgehead atoms. The van der Waals surface area contributed by atoms with Crippen LogP contribution in [0.1, 0.15) is 13.3 Å². The number of hydrogen-bond donors (Lipinski definition) is 0.